The van der Waals surface area contributed by atoms with Crippen molar-refractivity contribution in [1.29, 1.82) is 0 Å². The zero-order chi connectivity index (χ0) is 17.3. The lowest BCUT2D eigenvalue weighted by Gasteiger charge is -2.53. The van der Waals surface area contributed by atoms with Gasteiger partial charge in [0.1, 0.15) is 0 Å². The maximum atomic E-state index is 12.7. The van der Waals surface area contributed by atoms with E-state index in [0.29, 0.717) is 18.0 Å². The molecule has 3 heterocycles. The first-order chi connectivity index (χ1) is 12.1. The summed E-state index contributed by atoms with van der Waals surface area (Å²) >= 11 is 0. The lowest BCUT2D eigenvalue weighted by molar-refractivity contribution is -0.00168. The van der Waals surface area contributed by atoms with Crippen LogP contribution < -0.4 is 0 Å². The molecular formula is C19H23N3O2S. The highest BCUT2D eigenvalue weighted by atomic mass is 32.2. The van der Waals surface area contributed by atoms with Crippen LogP contribution in [0.5, 0.6) is 0 Å². The largest absolute Gasteiger partial charge is 0.297 e. The number of piperidine rings is 1. The molecule has 1 aromatic carbocycles. The van der Waals surface area contributed by atoms with Crippen LogP contribution >= 0.6 is 0 Å². The van der Waals surface area contributed by atoms with Gasteiger partial charge in [0.25, 0.3) is 0 Å². The fraction of sp³-hybridized carbons (Fsp3) is 0.421. The standard InChI is InChI=1S/C19H23N3O2S/c23-25(24,18-7-2-1-3-8-18)22-15-19(16-22)9-12-21(13-10-19)14-17-6-4-5-11-20-17/h1-8,11H,9-10,12-16H2. The van der Waals surface area contributed by atoms with Crippen molar-refractivity contribution in [3.8, 4) is 0 Å². The summed E-state index contributed by atoms with van der Waals surface area (Å²) in [5, 5.41) is 0. The van der Waals surface area contributed by atoms with Gasteiger partial charge in [-0.3, -0.25) is 9.88 Å². The molecular weight excluding hydrogens is 334 g/mol. The Morgan fingerprint density at radius 1 is 0.960 bits per heavy atom. The SMILES string of the molecule is O=S(=O)(c1ccccc1)N1CC2(CCN(Cc3ccccn3)CC2)C1. The van der Waals surface area contributed by atoms with Crippen molar-refractivity contribution in [2.24, 2.45) is 5.41 Å². The zero-order valence-electron chi connectivity index (χ0n) is 14.2. The number of aromatic nitrogens is 1. The molecule has 1 aromatic heterocycles. The lowest BCUT2D eigenvalue weighted by atomic mass is 9.73. The summed E-state index contributed by atoms with van der Waals surface area (Å²) in [5.41, 5.74) is 1.27. The summed E-state index contributed by atoms with van der Waals surface area (Å²) in [6.45, 7) is 4.21. The number of rotatable bonds is 4. The Balaban J connectivity index is 1.34. The minimum Gasteiger partial charge on any atom is -0.297 e. The van der Waals surface area contributed by atoms with Gasteiger partial charge in [0.05, 0.1) is 10.6 Å². The van der Waals surface area contributed by atoms with Crippen LogP contribution in [0.25, 0.3) is 0 Å². The molecule has 0 saturated carbocycles. The number of likely N-dealkylation sites (tertiary alicyclic amines) is 1. The van der Waals surface area contributed by atoms with Gasteiger partial charge < -0.3 is 0 Å². The molecule has 0 aliphatic carbocycles. The molecule has 0 bridgehead atoms. The molecule has 5 nitrogen and oxygen atoms in total. The Labute approximate surface area is 149 Å². The summed E-state index contributed by atoms with van der Waals surface area (Å²) in [5.74, 6) is 0. The third kappa shape index (κ3) is 3.34. The molecule has 6 heteroatoms. The second kappa shape index (κ2) is 6.52. The number of sulfonamides is 1. The second-order valence-corrected chi connectivity index (χ2v) is 9.12. The predicted molar refractivity (Wildman–Crippen MR) is 96.4 cm³/mol. The smallest absolute Gasteiger partial charge is 0.243 e. The second-order valence-electron chi connectivity index (χ2n) is 7.18. The molecule has 25 heavy (non-hydrogen) atoms. The van der Waals surface area contributed by atoms with Gasteiger partial charge >= 0.3 is 0 Å². The third-order valence-electron chi connectivity index (χ3n) is 5.43. The van der Waals surface area contributed by atoms with Crippen LogP contribution in [0, 0.1) is 5.41 Å². The molecule has 2 aliphatic heterocycles. The monoisotopic (exact) mass is 357 g/mol. The van der Waals surface area contributed by atoms with Crippen molar-refractivity contribution in [3.05, 3.63) is 60.4 Å². The van der Waals surface area contributed by atoms with Crippen molar-refractivity contribution in [2.45, 2.75) is 24.3 Å². The van der Waals surface area contributed by atoms with Crippen LogP contribution in [0.2, 0.25) is 0 Å². The molecule has 0 atom stereocenters. The van der Waals surface area contributed by atoms with Crippen molar-refractivity contribution in [1.82, 2.24) is 14.2 Å². The Hall–Kier alpha value is -1.76. The average molecular weight is 357 g/mol. The normalized spacial score (nSPS) is 21.1. The van der Waals surface area contributed by atoms with Gasteiger partial charge in [-0.1, -0.05) is 24.3 Å². The van der Waals surface area contributed by atoms with Gasteiger partial charge in [-0.15, -0.1) is 0 Å². The first-order valence-electron chi connectivity index (χ1n) is 8.75. The van der Waals surface area contributed by atoms with E-state index in [9.17, 15) is 8.42 Å². The fourth-order valence-corrected chi connectivity index (χ4v) is 5.52. The predicted octanol–water partition coefficient (Wildman–Crippen LogP) is 2.37. The maximum absolute atomic E-state index is 12.7. The highest BCUT2D eigenvalue weighted by Crippen LogP contribution is 2.43. The van der Waals surface area contributed by atoms with Crippen molar-refractivity contribution in [2.75, 3.05) is 26.2 Å². The van der Waals surface area contributed by atoms with Crippen LogP contribution in [-0.2, 0) is 16.6 Å². The van der Waals surface area contributed by atoms with E-state index in [1.807, 2.05) is 24.4 Å². The lowest BCUT2D eigenvalue weighted by Crippen LogP contribution is -2.61. The van der Waals surface area contributed by atoms with Gasteiger partial charge in [-0.2, -0.15) is 4.31 Å². The summed E-state index contributed by atoms with van der Waals surface area (Å²) < 4.78 is 26.9. The summed E-state index contributed by atoms with van der Waals surface area (Å²) in [6, 6.07) is 14.8. The van der Waals surface area contributed by atoms with Crippen molar-refractivity contribution < 1.29 is 8.42 Å². The average Bonchev–Trinajstić information content (AvgIpc) is 2.62. The van der Waals surface area contributed by atoms with Gasteiger partial charge in [0.15, 0.2) is 0 Å². The molecule has 2 aliphatic rings. The van der Waals surface area contributed by atoms with Crippen LogP contribution in [0.4, 0.5) is 0 Å². The minimum absolute atomic E-state index is 0.169. The number of pyridine rings is 1. The van der Waals surface area contributed by atoms with Crippen LogP contribution in [0.1, 0.15) is 18.5 Å². The molecule has 2 fully saturated rings. The Bertz CT molecular complexity index is 808. The number of hydrogen-bond donors (Lipinski definition) is 0. The summed E-state index contributed by atoms with van der Waals surface area (Å²) in [6.07, 6.45) is 3.94. The molecule has 2 aromatic rings. The van der Waals surface area contributed by atoms with E-state index < -0.39 is 10.0 Å². The first kappa shape index (κ1) is 16.7. The van der Waals surface area contributed by atoms with E-state index in [4.69, 9.17) is 0 Å². The number of hydrogen-bond acceptors (Lipinski definition) is 4. The summed E-state index contributed by atoms with van der Waals surface area (Å²) in [4.78, 5) is 7.21. The van der Waals surface area contributed by atoms with E-state index in [0.717, 1.165) is 38.2 Å². The van der Waals surface area contributed by atoms with Gasteiger partial charge in [0, 0.05) is 31.2 Å². The zero-order valence-corrected chi connectivity index (χ0v) is 15.0. The van der Waals surface area contributed by atoms with E-state index in [2.05, 4.69) is 16.0 Å². The van der Waals surface area contributed by atoms with Crippen LogP contribution in [0.15, 0.2) is 59.6 Å². The van der Waals surface area contributed by atoms with Gasteiger partial charge in [-0.05, 0) is 50.2 Å². The first-order valence-corrected chi connectivity index (χ1v) is 10.2. The maximum Gasteiger partial charge on any atom is 0.243 e. The highest BCUT2D eigenvalue weighted by Gasteiger charge is 2.49. The molecule has 2 saturated heterocycles. The molecule has 0 N–H and O–H groups in total. The summed E-state index contributed by atoms with van der Waals surface area (Å²) in [7, 11) is -3.33. The van der Waals surface area contributed by atoms with Crippen molar-refractivity contribution in [3.63, 3.8) is 0 Å². The molecule has 0 amide bonds. The van der Waals surface area contributed by atoms with E-state index >= 15 is 0 Å². The van der Waals surface area contributed by atoms with E-state index in [1.165, 1.54) is 0 Å². The Kier molecular flexibility index (Phi) is 4.35. The van der Waals surface area contributed by atoms with Crippen LogP contribution in [-0.4, -0.2) is 48.8 Å². The number of nitrogens with zero attached hydrogens (tertiary/aromatic N) is 3. The van der Waals surface area contributed by atoms with E-state index in [-0.39, 0.29) is 5.41 Å². The minimum atomic E-state index is -3.33. The Morgan fingerprint density at radius 3 is 2.28 bits per heavy atom. The molecule has 132 valence electrons. The highest BCUT2D eigenvalue weighted by molar-refractivity contribution is 7.89. The number of benzene rings is 1. The van der Waals surface area contributed by atoms with E-state index in [1.54, 1.807) is 28.6 Å². The molecule has 0 radical (unpaired) electrons. The van der Waals surface area contributed by atoms with Gasteiger partial charge in [0.2, 0.25) is 10.0 Å². The third-order valence-corrected chi connectivity index (χ3v) is 7.24. The molecule has 1 spiro atoms. The van der Waals surface area contributed by atoms with Gasteiger partial charge in [-0.25, -0.2) is 8.42 Å². The molecule has 0 unspecified atom stereocenters. The quantitative estimate of drug-likeness (QED) is 0.843. The molecule has 4 rings (SSSR count). The topological polar surface area (TPSA) is 53.5 Å². The van der Waals surface area contributed by atoms with Crippen LogP contribution in [0.3, 0.4) is 0 Å². The fourth-order valence-electron chi connectivity index (χ4n) is 3.84. The Morgan fingerprint density at radius 2 is 1.64 bits per heavy atom. The van der Waals surface area contributed by atoms with Crippen molar-refractivity contribution >= 4 is 10.0 Å².